The monoisotopic (exact) mass is 438 g/mol. The van der Waals surface area contributed by atoms with E-state index in [-0.39, 0.29) is 4.90 Å². The lowest BCUT2D eigenvalue weighted by Gasteiger charge is -2.24. The van der Waals surface area contributed by atoms with E-state index in [1.54, 1.807) is 55.6 Å². The van der Waals surface area contributed by atoms with Gasteiger partial charge in [-0.2, -0.15) is 5.26 Å². The molecule has 0 aliphatic heterocycles. The van der Waals surface area contributed by atoms with Gasteiger partial charge in [-0.3, -0.25) is 0 Å². The number of thioether (sulfide) groups is 1. The highest BCUT2D eigenvalue weighted by Crippen LogP contribution is 2.33. The number of hydrogen-bond acceptors (Lipinski definition) is 5. The fourth-order valence-electron chi connectivity index (χ4n) is 2.88. The minimum absolute atomic E-state index is 0.160. The van der Waals surface area contributed by atoms with Gasteiger partial charge in [-0.1, -0.05) is 48.0 Å². The third-order valence-electron chi connectivity index (χ3n) is 4.52. The predicted octanol–water partition coefficient (Wildman–Crippen LogP) is 4.71. The first-order valence-electron chi connectivity index (χ1n) is 9.27. The highest BCUT2D eigenvalue weighted by Gasteiger charge is 2.29. The fraction of sp³-hybridized carbons (Fsp3) is 0.174. The van der Waals surface area contributed by atoms with E-state index in [0.29, 0.717) is 11.3 Å². The number of methoxy groups -OCH3 is 1. The molecule has 30 heavy (non-hydrogen) atoms. The van der Waals surface area contributed by atoms with Crippen molar-refractivity contribution in [2.24, 2.45) is 0 Å². The number of hydrogen-bond donors (Lipinski definition) is 1. The third kappa shape index (κ3) is 5.42. The van der Waals surface area contributed by atoms with Gasteiger partial charge in [0.05, 0.1) is 24.1 Å². The summed E-state index contributed by atoms with van der Waals surface area (Å²) >= 11 is 1.32. The Kier molecular flexibility index (Phi) is 7.16. The number of aryl methyl sites for hydroxylation is 1. The fourth-order valence-corrected chi connectivity index (χ4v) is 5.23. The summed E-state index contributed by atoms with van der Waals surface area (Å²) in [6, 6.07) is 24.7. The van der Waals surface area contributed by atoms with Crippen molar-refractivity contribution >= 4 is 21.8 Å². The molecule has 0 aliphatic carbocycles. The van der Waals surface area contributed by atoms with Crippen molar-refractivity contribution in [1.29, 1.82) is 5.26 Å². The Bertz CT molecular complexity index is 1110. The van der Waals surface area contributed by atoms with E-state index < -0.39 is 21.3 Å². The summed E-state index contributed by atoms with van der Waals surface area (Å²) < 4.78 is 34.1. The van der Waals surface area contributed by atoms with Gasteiger partial charge in [0.25, 0.3) is 0 Å². The average molecular weight is 439 g/mol. The lowest BCUT2D eigenvalue weighted by atomic mass is 10.1. The molecule has 0 radical (unpaired) electrons. The highest BCUT2D eigenvalue weighted by molar-refractivity contribution is 8.00. The van der Waals surface area contributed by atoms with Crippen LogP contribution in [-0.4, -0.2) is 20.8 Å². The Hall–Kier alpha value is -2.79. The van der Waals surface area contributed by atoms with Crippen LogP contribution in [0.15, 0.2) is 88.7 Å². The van der Waals surface area contributed by atoms with Gasteiger partial charge in [-0.25, -0.2) is 13.1 Å². The van der Waals surface area contributed by atoms with Crippen LogP contribution in [0.5, 0.6) is 5.75 Å². The van der Waals surface area contributed by atoms with Crippen molar-refractivity contribution in [2.75, 3.05) is 7.11 Å². The lowest BCUT2D eigenvalue weighted by molar-refractivity contribution is 0.414. The topological polar surface area (TPSA) is 79.2 Å². The van der Waals surface area contributed by atoms with Gasteiger partial charge in [-0.15, -0.1) is 11.8 Å². The molecule has 0 aliphatic rings. The quantitative estimate of drug-likeness (QED) is 0.516. The third-order valence-corrected chi connectivity index (χ3v) is 7.16. The number of nitrogens with zero attached hydrogens (tertiary/aromatic N) is 1. The van der Waals surface area contributed by atoms with Crippen molar-refractivity contribution in [2.45, 2.75) is 28.0 Å². The zero-order valence-corrected chi connectivity index (χ0v) is 18.3. The molecule has 3 aromatic rings. The summed E-state index contributed by atoms with van der Waals surface area (Å²) in [5.41, 5.74) is 1.65. The van der Waals surface area contributed by atoms with Gasteiger partial charge in [0.1, 0.15) is 11.0 Å². The first kappa shape index (κ1) is 21.9. The molecular formula is C23H22N2O3S2. The molecule has 0 saturated carbocycles. The summed E-state index contributed by atoms with van der Waals surface area (Å²) in [5, 5.41) is 9.21. The number of ether oxygens (including phenoxy) is 1. The molecular weight excluding hydrogens is 416 g/mol. The molecule has 0 spiro atoms. The van der Waals surface area contributed by atoms with Crippen LogP contribution in [0.25, 0.3) is 0 Å². The number of benzene rings is 3. The molecule has 0 fully saturated rings. The average Bonchev–Trinajstić information content (AvgIpc) is 2.77. The summed E-state index contributed by atoms with van der Waals surface area (Å²) in [6.07, 6.45) is 0. The van der Waals surface area contributed by atoms with Gasteiger partial charge < -0.3 is 4.74 Å². The van der Waals surface area contributed by atoms with Crippen molar-refractivity contribution in [1.82, 2.24) is 4.72 Å². The van der Waals surface area contributed by atoms with Gasteiger partial charge in [-0.05, 0) is 48.9 Å². The molecule has 0 aromatic heterocycles. The zero-order chi connectivity index (χ0) is 21.6. The van der Waals surface area contributed by atoms with Crippen LogP contribution in [-0.2, 0) is 10.0 Å². The van der Waals surface area contributed by atoms with E-state index in [1.807, 2.05) is 37.3 Å². The number of nitriles is 1. The molecule has 2 atom stereocenters. The molecule has 0 unspecified atom stereocenters. The summed E-state index contributed by atoms with van der Waals surface area (Å²) in [6.45, 7) is 1.90. The molecule has 1 N–H and O–H groups in total. The van der Waals surface area contributed by atoms with Gasteiger partial charge in [0.2, 0.25) is 10.0 Å². The summed E-state index contributed by atoms with van der Waals surface area (Å²) in [4.78, 5) is 1.05. The molecule has 3 rings (SSSR count). The Morgan fingerprint density at radius 1 is 0.967 bits per heavy atom. The summed E-state index contributed by atoms with van der Waals surface area (Å²) in [5.74, 6) is 0.656. The van der Waals surface area contributed by atoms with Crippen molar-refractivity contribution in [3.8, 4) is 11.8 Å². The van der Waals surface area contributed by atoms with Gasteiger partial charge >= 0.3 is 0 Å². The normalized spacial score (nSPS) is 13.2. The second kappa shape index (κ2) is 9.81. The van der Waals surface area contributed by atoms with Crippen LogP contribution >= 0.6 is 11.8 Å². The number of rotatable bonds is 8. The van der Waals surface area contributed by atoms with E-state index in [2.05, 4.69) is 10.8 Å². The van der Waals surface area contributed by atoms with E-state index in [0.717, 1.165) is 10.5 Å². The summed E-state index contributed by atoms with van der Waals surface area (Å²) in [7, 11) is -2.27. The lowest BCUT2D eigenvalue weighted by Crippen LogP contribution is -2.34. The molecule has 0 bridgehead atoms. The highest BCUT2D eigenvalue weighted by atomic mass is 32.2. The molecule has 3 aromatic carbocycles. The first-order valence-corrected chi connectivity index (χ1v) is 11.6. The Labute approximate surface area is 181 Å². The van der Waals surface area contributed by atoms with E-state index in [9.17, 15) is 13.7 Å². The van der Waals surface area contributed by atoms with Crippen LogP contribution in [0, 0.1) is 18.3 Å². The SMILES string of the molecule is COc1ccc([C@H](NS(=O)(=O)c2ccc(C)cc2)[C@@H](C#N)Sc2ccccc2)cc1. The van der Waals surface area contributed by atoms with Gasteiger partial charge in [0, 0.05) is 4.90 Å². The van der Waals surface area contributed by atoms with Crippen LogP contribution in [0.4, 0.5) is 0 Å². The van der Waals surface area contributed by atoms with Crippen LogP contribution in [0.1, 0.15) is 17.2 Å². The maximum absolute atomic E-state index is 13.1. The van der Waals surface area contributed by atoms with E-state index in [4.69, 9.17) is 4.74 Å². The standard InChI is InChI=1S/C23H22N2O3S2/c1-17-8-14-21(15-9-17)30(26,27)25-23(18-10-12-19(28-2)13-11-18)22(16-24)29-20-6-4-3-5-7-20/h3-15,22-23,25H,1-2H3/t22-,23+/m1/s1. The van der Waals surface area contributed by atoms with Gasteiger partial charge in [0.15, 0.2) is 0 Å². The molecule has 7 heteroatoms. The van der Waals surface area contributed by atoms with Crippen molar-refractivity contribution in [3.05, 3.63) is 90.0 Å². The smallest absolute Gasteiger partial charge is 0.241 e. The van der Waals surface area contributed by atoms with Crippen LogP contribution in [0.3, 0.4) is 0 Å². The van der Waals surface area contributed by atoms with Crippen LogP contribution in [0.2, 0.25) is 0 Å². The minimum Gasteiger partial charge on any atom is -0.497 e. The maximum atomic E-state index is 13.1. The van der Waals surface area contributed by atoms with Crippen LogP contribution < -0.4 is 9.46 Å². The molecule has 0 saturated heterocycles. The second-order valence-corrected chi connectivity index (χ2v) is 9.59. The largest absolute Gasteiger partial charge is 0.497 e. The number of nitrogens with one attached hydrogen (secondary N) is 1. The Balaban J connectivity index is 1.97. The molecule has 5 nitrogen and oxygen atoms in total. The minimum atomic E-state index is -3.83. The van der Waals surface area contributed by atoms with Crippen molar-refractivity contribution in [3.63, 3.8) is 0 Å². The van der Waals surface area contributed by atoms with Crippen molar-refractivity contribution < 1.29 is 13.2 Å². The second-order valence-electron chi connectivity index (χ2n) is 6.67. The Morgan fingerprint density at radius 3 is 2.17 bits per heavy atom. The van der Waals surface area contributed by atoms with E-state index >= 15 is 0 Å². The zero-order valence-electron chi connectivity index (χ0n) is 16.6. The molecule has 0 heterocycles. The maximum Gasteiger partial charge on any atom is 0.241 e. The first-order chi connectivity index (χ1) is 14.4. The molecule has 154 valence electrons. The number of sulfonamides is 1. The molecule has 0 amide bonds. The van der Waals surface area contributed by atoms with E-state index in [1.165, 1.54) is 11.8 Å². The predicted molar refractivity (Wildman–Crippen MR) is 119 cm³/mol. The Morgan fingerprint density at radius 2 is 1.60 bits per heavy atom.